The van der Waals surface area contributed by atoms with Crippen LogP contribution in [0.4, 0.5) is 0 Å². The number of benzene rings is 2. The maximum Gasteiger partial charge on any atom is 0.217 e. The van der Waals surface area contributed by atoms with Crippen molar-refractivity contribution in [2.24, 2.45) is 0 Å². The second-order valence-corrected chi connectivity index (χ2v) is 4.96. The van der Waals surface area contributed by atoms with Gasteiger partial charge in [-0.05, 0) is 22.8 Å². The van der Waals surface area contributed by atoms with E-state index in [9.17, 15) is 4.79 Å². The van der Waals surface area contributed by atoms with Gasteiger partial charge < -0.3 is 10.1 Å². The molecule has 2 aromatic rings. The van der Waals surface area contributed by atoms with Gasteiger partial charge in [-0.2, -0.15) is 0 Å². The number of nitrogens with one attached hydrogen (secondary N) is 1. The molecule has 2 rings (SSSR count). The number of fused-ring (bicyclic) bond motifs is 1. The van der Waals surface area contributed by atoms with Gasteiger partial charge in [0.15, 0.2) is 0 Å². The van der Waals surface area contributed by atoms with Crippen LogP contribution >= 0.6 is 0 Å². The van der Waals surface area contributed by atoms with Crippen LogP contribution in [0.5, 0.6) is 0 Å². The van der Waals surface area contributed by atoms with Crippen molar-refractivity contribution < 1.29 is 9.53 Å². The van der Waals surface area contributed by atoms with Crippen LogP contribution in [0.3, 0.4) is 0 Å². The number of hydrogen-bond donors (Lipinski definition) is 1. The Morgan fingerprint density at radius 1 is 1.20 bits per heavy atom. The zero-order valence-corrected chi connectivity index (χ0v) is 12.1. The largest absolute Gasteiger partial charge is 0.375 e. The van der Waals surface area contributed by atoms with Gasteiger partial charge in [0, 0.05) is 6.92 Å². The van der Waals surface area contributed by atoms with Crippen molar-refractivity contribution in [1.29, 1.82) is 0 Å². The van der Waals surface area contributed by atoms with Gasteiger partial charge in [-0.15, -0.1) is 0 Å². The average molecular weight is 271 g/mol. The van der Waals surface area contributed by atoms with E-state index in [0.717, 1.165) is 6.42 Å². The maximum atomic E-state index is 11.1. The molecular formula is C17H21NO2. The Labute approximate surface area is 119 Å². The van der Waals surface area contributed by atoms with Crippen LogP contribution < -0.4 is 5.32 Å². The quantitative estimate of drug-likeness (QED) is 0.875. The molecule has 0 bridgehead atoms. The van der Waals surface area contributed by atoms with Crippen LogP contribution in [0.25, 0.3) is 10.8 Å². The fourth-order valence-electron chi connectivity index (χ4n) is 2.28. The highest BCUT2D eigenvalue weighted by molar-refractivity contribution is 5.85. The van der Waals surface area contributed by atoms with E-state index in [2.05, 4.69) is 29.6 Å². The van der Waals surface area contributed by atoms with Crippen LogP contribution in [0.2, 0.25) is 0 Å². The Kier molecular flexibility index (Phi) is 5.13. The second-order valence-electron chi connectivity index (χ2n) is 4.96. The van der Waals surface area contributed by atoms with E-state index in [1.54, 1.807) is 0 Å². The lowest BCUT2D eigenvalue weighted by Gasteiger charge is -2.16. The molecule has 0 saturated heterocycles. The van der Waals surface area contributed by atoms with Crippen molar-refractivity contribution >= 4 is 16.7 Å². The van der Waals surface area contributed by atoms with E-state index in [1.807, 2.05) is 25.1 Å². The number of hydrogen-bond acceptors (Lipinski definition) is 2. The Hall–Kier alpha value is -1.87. The smallest absolute Gasteiger partial charge is 0.217 e. The summed E-state index contributed by atoms with van der Waals surface area (Å²) in [6.45, 7) is 4.69. The Morgan fingerprint density at radius 3 is 2.70 bits per heavy atom. The lowest BCUT2D eigenvalue weighted by atomic mass is 10.1. The minimum atomic E-state index is -0.00869. The predicted molar refractivity (Wildman–Crippen MR) is 81.5 cm³/mol. The summed E-state index contributed by atoms with van der Waals surface area (Å²) >= 11 is 0. The monoisotopic (exact) mass is 271 g/mol. The Morgan fingerprint density at radius 2 is 1.95 bits per heavy atom. The maximum absolute atomic E-state index is 11.1. The molecule has 0 aliphatic rings. The summed E-state index contributed by atoms with van der Waals surface area (Å²) in [4.78, 5) is 11.1. The molecule has 0 spiro atoms. The molecule has 0 aliphatic carbocycles. The molecule has 1 amide bonds. The van der Waals surface area contributed by atoms with E-state index >= 15 is 0 Å². The third-order valence-corrected chi connectivity index (χ3v) is 3.36. The first-order valence-corrected chi connectivity index (χ1v) is 7.02. The first-order chi connectivity index (χ1) is 9.70. The van der Waals surface area contributed by atoms with Crippen LogP contribution in [0.1, 0.15) is 25.8 Å². The minimum absolute atomic E-state index is 0.00869. The fourth-order valence-corrected chi connectivity index (χ4v) is 2.28. The molecular weight excluding hydrogens is 250 g/mol. The molecule has 0 radical (unpaired) electrons. The molecule has 0 saturated carbocycles. The van der Waals surface area contributed by atoms with Gasteiger partial charge in [0.25, 0.3) is 0 Å². The Bertz CT molecular complexity index is 575. The summed E-state index contributed by atoms with van der Waals surface area (Å²) in [6, 6.07) is 14.6. The highest BCUT2D eigenvalue weighted by atomic mass is 16.5. The molecule has 0 aliphatic heterocycles. The zero-order chi connectivity index (χ0) is 14.4. The van der Waals surface area contributed by atoms with Crippen molar-refractivity contribution in [1.82, 2.24) is 5.32 Å². The normalized spacial score (nSPS) is 12.3. The number of amides is 1. The second kappa shape index (κ2) is 7.06. The van der Waals surface area contributed by atoms with Gasteiger partial charge in [-0.3, -0.25) is 4.79 Å². The number of carbonyl (C=O) groups is 1. The van der Waals surface area contributed by atoms with Gasteiger partial charge in [0.05, 0.1) is 19.3 Å². The highest BCUT2D eigenvalue weighted by Gasteiger charge is 2.08. The van der Waals surface area contributed by atoms with E-state index in [4.69, 9.17) is 4.74 Å². The van der Waals surface area contributed by atoms with Crippen LogP contribution in [0.15, 0.2) is 42.5 Å². The number of carbonyl (C=O) groups excluding carboxylic acids is 1. The molecule has 20 heavy (non-hydrogen) atoms. The lowest BCUT2D eigenvalue weighted by Crippen LogP contribution is -2.36. The first-order valence-electron chi connectivity index (χ1n) is 7.02. The van der Waals surface area contributed by atoms with Gasteiger partial charge in [-0.25, -0.2) is 0 Å². The topological polar surface area (TPSA) is 38.3 Å². The molecule has 0 heterocycles. The van der Waals surface area contributed by atoms with Crippen LogP contribution in [-0.4, -0.2) is 18.6 Å². The molecule has 1 atom stereocenters. The van der Waals surface area contributed by atoms with Crippen molar-refractivity contribution in [3.8, 4) is 0 Å². The third kappa shape index (κ3) is 3.81. The van der Waals surface area contributed by atoms with Gasteiger partial charge in [0.2, 0.25) is 5.91 Å². The molecule has 0 fully saturated rings. The van der Waals surface area contributed by atoms with E-state index in [-0.39, 0.29) is 11.9 Å². The highest BCUT2D eigenvalue weighted by Crippen LogP contribution is 2.19. The third-order valence-electron chi connectivity index (χ3n) is 3.36. The first kappa shape index (κ1) is 14.5. The molecule has 3 heteroatoms. The van der Waals surface area contributed by atoms with Crippen molar-refractivity contribution in [3.05, 3.63) is 48.0 Å². The lowest BCUT2D eigenvalue weighted by molar-refractivity contribution is -0.120. The SMILES string of the molecule is CC[C@H](COCc1cccc2ccccc12)NC(C)=O. The molecule has 1 N–H and O–H groups in total. The summed E-state index contributed by atoms with van der Waals surface area (Å²) in [5, 5.41) is 5.34. The standard InChI is InChI=1S/C17H21NO2/c1-3-16(18-13(2)19)12-20-11-15-9-6-8-14-7-4-5-10-17(14)15/h4-10,16H,3,11-12H2,1-2H3,(H,18,19)/t16-/m1/s1. The molecule has 0 aromatic heterocycles. The predicted octanol–water partition coefficient (Wildman–Crippen LogP) is 3.27. The fraction of sp³-hybridized carbons (Fsp3) is 0.353. The summed E-state index contributed by atoms with van der Waals surface area (Å²) < 4.78 is 5.77. The van der Waals surface area contributed by atoms with Crippen LogP contribution in [-0.2, 0) is 16.1 Å². The van der Waals surface area contributed by atoms with Crippen molar-refractivity contribution in [3.63, 3.8) is 0 Å². The summed E-state index contributed by atoms with van der Waals surface area (Å²) in [5.41, 5.74) is 1.18. The molecule has 0 unspecified atom stereocenters. The molecule has 3 nitrogen and oxygen atoms in total. The Balaban J connectivity index is 1.97. The molecule has 2 aromatic carbocycles. The van der Waals surface area contributed by atoms with E-state index in [1.165, 1.54) is 23.3 Å². The number of rotatable bonds is 6. The average Bonchev–Trinajstić information content (AvgIpc) is 2.46. The van der Waals surface area contributed by atoms with Gasteiger partial charge in [0.1, 0.15) is 0 Å². The van der Waals surface area contributed by atoms with E-state index in [0.29, 0.717) is 13.2 Å². The summed E-state index contributed by atoms with van der Waals surface area (Å²) in [6.07, 6.45) is 0.870. The van der Waals surface area contributed by atoms with Crippen LogP contribution in [0, 0.1) is 0 Å². The number of ether oxygens (including phenoxy) is 1. The summed E-state index contributed by atoms with van der Waals surface area (Å²) in [5.74, 6) is -0.00869. The van der Waals surface area contributed by atoms with Gasteiger partial charge in [-0.1, -0.05) is 49.4 Å². The van der Waals surface area contributed by atoms with E-state index < -0.39 is 0 Å². The summed E-state index contributed by atoms with van der Waals surface area (Å²) in [7, 11) is 0. The molecule has 106 valence electrons. The van der Waals surface area contributed by atoms with Gasteiger partial charge >= 0.3 is 0 Å². The van der Waals surface area contributed by atoms with Crippen molar-refractivity contribution in [2.75, 3.05) is 6.61 Å². The minimum Gasteiger partial charge on any atom is -0.375 e. The van der Waals surface area contributed by atoms with Crippen molar-refractivity contribution in [2.45, 2.75) is 32.9 Å². The zero-order valence-electron chi connectivity index (χ0n) is 12.1.